The number of hydrogen-bond acceptors (Lipinski definition) is 4. The topological polar surface area (TPSA) is 79.5 Å². The highest BCUT2D eigenvalue weighted by molar-refractivity contribution is 6.08. The molecule has 1 atom stereocenters. The van der Waals surface area contributed by atoms with Crippen LogP contribution in [-0.2, 0) is 4.79 Å². The Morgan fingerprint density at radius 3 is 2.82 bits per heavy atom. The molecule has 0 radical (unpaired) electrons. The molecule has 5 nitrogen and oxygen atoms in total. The molecule has 1 aliphatic carbocycles. The van der Waals surface area contributed by atoms with E-state index < -0.39 is 18.1 Å². The minimum atomic E-state index is -1.29. The number of aliphatic hydroxyl groups excluding tert-OH is 1. The molecule has 1 amide bonds. The Kier molecular flexibility index (Phi) is 3.53. The predicted octanol–water partition coefficient (Wildman–Crippen LogP) is 2.30. The molecule has 0 saturated heterocycles. The summed E-state index contributed by atoms with van der Waals surface area (Å²) in [4.78, 5) is 23.6. The molecule has 2 aromatic rings. The number of aldehydes is 1. The molecule has 22 heavy (non-hydrogen) atoms. The van der Waals surface area contributed by atoms with Crippen molar-refractivity contribution in [3.63, 3.8) is 0 Å². The summed E-state index contributed by atoms with van der Waals surface area (Å²) in [5, 5.41) is 12.6. The van der Waals surface area contributed by atoms with Crippen molar-refractivity contribution in [2.45, 2.75) is 38.1 Å². The van der Waals surface area contributed by atoms with Crippen LogP contribution in [0.5, 0.6) is 0 Å². The van der Waals surface area contributed by atoms with Crippen LogP contribution >= 0.6 is 0 Å². The molecule has 1 aliphatic rings. The van der Waals surface area contributed by atoms with Crippen molar-refractivity contribution in [1.29, 1.82) is 0 Å². The van der Waals surface area contributed by atoms with E-state index in [1.54, 1.807) is 6.92 Å². The number of rotatable bonds is 5. The maximum absolute atomic E-state index is 12.5. The fraction of sp³-hybridized carbons (Fsp3) is 0.412. The van der Waals surface area contributed by atoms with Crippen LogP contribution in [0, 0.1) is 6.92 Å². The van der Waals surface area contributed by atoms with Crippen LogP contribution in [0.25, 0.3) is 11.0 Å². The molecule has 1 fully saturated rings. The molecule has 1 unspecified atom stereocenters. The summed E-state index contributed by atoms with van der Waals surface area (Å²) in [5.74, 6) is 0.674. The van der Waals surface area contributed by atoms with E-state index in [0.717, 1.165) is 5.39 Å². The predicted molar refractivity (Wildman–Crippen MR) is 81.9 cm³/mol. The Hall–Kier alpha value is -2.14. The molecule has 2 N–H and O–H groups in total. The van der Waals surface area contributed by atoms with Crippen molar-refractivity contribution in [1.82, 2.24) is 5.32 Å². The summed E-state index contributed by atoms with van der Waals surface area (Å²) in [7, 11) is 0. The molecule has 1 aromatic carbocycles. The Morgan fingerprint density at radius 2 is 2.23 bits per heavy atom. The first-order chi connectivity index (χ1) is 10.5. The standard InChI is InChI=1S/C17H19NO4/c1-10-15(16(21)18-17(2,8-19)9-20)13-7-12(11-3-4-11)5-6-14(13)22-10/h5-8,11,20H,3-4,9H2,1-2H3,(H,18,21). The highest BCUT2D eigenvalue weighted by Crippen LogP contribution is 2.41. The summed E-state index contributed by atoms with van der Waals surface area (Å²) in [6, 6.07) is 5.92. The van der Waals surface area contributed by atoms with Gasteiger partial charge < -0.3 is 19.6 Å². The van der Waals surface area contributed by atoms with Crippen LogP contribution in [0.3, 0.4) is 0 Å². The van der Waals surface area contributed by atoms with E-state index in [1.807, 2.05) is 18.2 Å². The van der Waals surface area contributed by atoms with Crippen LogP contribution < -0.4 is 5.32 Å². The van der Waals surface area contributed by atoms with E-state index >= 15 is 0 Å². The Balaban J connectivity index is 2.01. The maximum atomic E-state index is 12.5. The fourth-order valence-corrected chi connectivity index (χ4v) is 2.62. The van der Waals surface area contributed by atoms with E-state index in [-0.39, 0.29) is 0 Å². The van der Waals surface area contributed by atoms with Crippen molar-refractivity contribution in [3.8, 4) is 0 Å². The summed E-state index contributed by atoms with van der Waals surface area (Å²) in [6.07, 6.45) is 2.90. The highest BCUT2D eigenvalue weighted by atomic mass is 16.3. The van der Waals surface area contributed by atoms with Gasteiger partial charge >= 0.3 is 0 Å². The van der Waals surface area contributed by atoms with Crippen LogP contribution in [-0.4, -0.2) is 29.4 Å². The fourth-order valence-electron chi connectivity index (χ4n) is 2.62. The minimum absolute atomic E-state index is 0.409. The van der Waals surface area contributed by atoms with Crippen LogP contribution in [0.2, 0.25) is 0 Å². The number of fused-ring (bicyclic) bond motifs is 1. The molecule has 0 bridgehead atoms. The average Bonchev–Trinajstić information content (AvgIpc) is 3.29. The van der Waals surface area contributed by atoms with E-state index in [2.05, 4.69) is 5.32 Å². The lowest BCUT2D eigenvalue weighted by Crippen LogP contribution is -2.50. The van der Waals surface area contributed by atoms with Gasteiger partial charge in [-0.2, -0.15) is 0 Å². The first kappa shape index (κ1) is 14.8. The molecule has 1 heterocycles. The second kappa shape index (κ2) is 5.25. The average molecular weight is 301 g/mol. The van der Waals surface area contributed by atoms with Gasteiger partial charge in [0.05, 0.1) is 12.2 Å². The van der Waals surface area contributed by atoms with E-state index in [1.165, 1.54) is 25.3 Å². The molecule has 5 heteroatoms. The van der Waals surface area contributed by atoms with Gasteiger partial charge in [0.2, 0.25) is 0 Å². The number of hydrogen-bond donors (Lipinski definition) is 2. The highest BCUT2D eigenvalue weighted by Gasteiger charge is 2.29. The molecule has 3 rings (SSSR count). The largest absolute Gasteiger partial charge is 0.461 e. The molecule has 1 saturated carbocycles. The SMILES string of the molecule is Cc1oc2ccc(C3CC3)cc2c1C(=O)NC(C)(C=O)CO. The van der Waals surface area contributed by atoms with Gasteiger partial charge in [-0.15, -0.1) is 0 Å². The van der Waals surface area contributed by atoms with Gasteiger partial charge in [-0.1, -0.05) is 6.07 Å². The quantitative estimate of drug-likeness (QED) is 0.830. The number of aliphatic hydroxyl groups is 1. The molecule has 0 spiro atoms. The van der Waals surface area contributed by atoms with E-state index in [0.29, 0.717) is 29.1 Å². The Bertz CT molecular complexity index is 744. The lowest BCUT2D eigenvalue weighted by Gasteiger charge is -2.21. The number of aryl methyl sites for hydroxylation is 1. The van der Waals surface area contributed by atoms with Crippen LogP contribution in [0.1, 0.15) is 47.4 Å². The number of benzene rings is 1. The van der Waals surface area contributed by atoms with Gasteiger partial charge in [-0.3, -0.25) is 4.79 Å². The summed E-state index contributed by atoms with van der Waals surface area (Å²) < 4.78 is 5.65. The van der Waals surface area contributed by atoms with Crippen molar-refractivity contribution in [3.05, 3.63) is 35.1 Å². The molecular formula is C17H19NO4. The second-order valence-corrected chi connectivity index (χ2v) is 6.21. The lowest BCUT2D eigenvalue weighted by atomic mass is 10.0. The van der Waals surface area contributed by atoms with Crippen molar-refractivity contribution in [2.75, 3.05) is 6.61 Å². The van der Waals surface area contributed by atoms with Gasteiger partial charge in [0.15, 0.2) is 0 Å². The van der Waals surface area contributed by atoms with E-state index in [4.69, 9.17) is 4.42 Å². The summed E-state index contributed by atoms with van der Waals surface area (Å²) in [5.41, 5.74) is 1.01. The van der Waals surface area contributed by atoms with Crippen LogP contribution in [0.15, 0.2) is 22.6 Å². The van der Waals surface area contributed by atoms with Gasteiger partial charge in [-0.05, 0) is 50.3 Å². The zero-order chi connectivity index (χ0) is 15.9. The third-order valence-corrected chi connectivity index (χ3v) is 4.15. The molecular weight excluding hydrogens is 282 g/mol. The Labute approximate surface area is 128 Å². The number of amides is 1. The monoisotopic (exact) mass is 301 g/mol. The molecule has 116 valence electrons. The maximum Gasteiger partial charge on any atom is 0.256 e. The van der Waals surface area contributed by atoms with E-state index in [9.17, 15) is 14.7 Å². The number of furan rings is 1. The second-order valence-electron chi connectivity index (χ2n) is 6.21. The van der Waals surface area contributed by atoms with Gasteiger partial charge in [0.1, 0.15) is 23.2 Å². The minimum Gasteiger partial charge on any atom is -0.461 e. The van der Waals surface area contributed by atoms with Gasteiger partial charge in [0, 0.05) is 5.39 Å². The zero-order valence-corrected chi connectivity index (χ0v) is 12.7. The van der Waals surface area contributed by atoms with Crippen molar-refractivity contribution < 1.29 is 19.1 Å². The van der Waals surface area contributed by atoms with Gasteiger partial charge in [-0.25, -0.2) is 0 Å². The normalized spacial score (nSPS) is 17.2. The summed E-state index contributed by atoms with van der Waals surface area (Å²) >= 11 is 0. The lowest BCUT2D eigenvalue weighted by molar-refractivity contribution is -0.113. The zero-order valence-electron chi connectivity index (χ0n) is 12.7. The first-order valence-corrected chi connectivity index (χ1v) is 7.40. The third-order valence-electron chi connectivity index (χ3n) is 4.15. The van der Waals surface area contributed by atoms with Crippen LogP contribution in [0.4, 0.5) is 0 Å². The first-order valence-electron chi connectivity index (χ1n) is 7.40. The Morgan fingerprint density at radius 1 is 1.50 bits per heavy atom. The molecule has 0 aliphatic heterocycles. The number of carbonyl (C=O) groups is 2. The smallest absolute Gasteiger partial charge is 0.256 e. The van der Waals surface area contributed by atoms with Crippen molar-refractivity contribution in [2.24, 2.45) is 0 Å². The van der Waals surface area contributed by atoms with Gasteiger partial charge in [0.25, 0.3) is 5.91 Å². The summed E-state index contributed by atoms with van der Waals surface area (Å²) in [6.45, 7) is 2.75. The number of carbonyl (C=O) groups excluding carboxylic acids is 2. The number of nitrogens with one attached hydrogen (secondary N) is 1. The van der Waals surface area contributed by atoms with Crippen molar-refractivity contribution >= 4 is 23.2 Å². The third kappa shape index (κ3) is 2.52. The molecule has 1 aromatic heterocycles.